The lowest BCUT2D eigenvalue weighted by molar-refractivity contribution is -0.116. The van der Waals surface area contributed by atoms with Gasteiger partial charge in [-0.3, -0.25) is 29.1 Å². The summed E-state index contributed by atoms with van der Waals surface area (Å²) in [7, 11) is 0. The number of amides is 4. The quantitative estimate of drug-likeness (QED) is 0.380. The second kappa shape index (κ2) is 9.79. The normalized spacial score (nSPS) is 12.5. The van der Waals surface area contributed by atoms with Crippen LogP contribution in [0, 0.1) is 0 Å². The van der Waals surface area contributed by atoms with Crippen LogP contribution in [0.4, 0.5) is 11.4 Å². The molecule has 36 heavy (non-hydrogen) atoms. The van der Waals surface area contributed by atoms with Crippen molar-refractivity contribution in [3.05, 3.63) is 102 Å². The number of aromatic nitrogens is 1. The van der Waals surface area contributed by atoms with Crippen LogP contribution >= 0.6 is 0 Å². The Bertz CT molecular complexity index is 1450. The maximum Gasteiger partial charge on any atom is 0.261 e. The monoisotopic (exact) mass is 478 g/mol. The fourth-order valence-corrected chi connectivity index (χ4v) is 4.29. The summed E-state index contributed by atoms with van der Waals surface area (Å²) in [6, 6.07) is 20.8. The van der Waals surface area contributed by atoms with Crippen molar-refractivity contribution in [3.8, 4) is 0 Å². The number of rotatable bonds is 7. The Morgan fingerprint density at radius 3 is 2.06 bits per heavy atom. The highest BCUT2D eigenvalue weighted by atomic mass is 16.2. The molecule has 3 aromatic carbocycles. The third-order valence-corrected chi connectivity index (χ3v) is 5.99. The van der Waals surface area contributed by atoms with Crippen molar-refractivity contribution in [2.75, 3.05) is 17.2 Å². The highest BCUT2D eigenvalue weighted by Gasteiger charge is 2.32. The Hall–Kier alpha value is -4.85. The van der Waals surface area contributed by atoms with E-state index in [-0.39, 0.29) is 36.6 Å². The molecular formula is C28H22N4O4. The van der Waals surface area contributed by atoms with Gasteiger partial charge < -0.3 is 10.6 Å². The fourth-order valence-electron chi connectivity index (χ4n) is 4.29. The first-order valence-electron chi connectivity index (χ1n) is 11.5. The molecule has 0 radical (unpaired) electrons. The summed E-state index contributed by atoms with van der Waals surface area (Å²) in [5, 5.41) is 7.12. The van der Waals surface area contributed by atoms with Gasteiger partial charge >= 0.3 is 0 Å². The van der Waals surface area contributed by atoms with E-state index in [1.807, 2.05) is 12.1 Å². The van der Waals surface area contributed by atoms with Gasteiger partial charge in [-0.2, -0.15) is 0 Å². The predicted octanol–water partition coefficient (Wildman–Crippen LogP) is 4.50. The van der Waals surface area contributed by atoms with E-state index < -0.39 is 0 Å². The molecule has 8 heteroatoms. The van der Waals surface area contributed by atoms with Gasteiger partial charge in [0.15, 0.2) is 0 Å². The van der Waals surface area contributed by atoms with Gasteiger partial charge in [-0.15, -0.1) is 0 Å². The minimum Gasteiger partial charge on any atom is -0.326 e. The number of hydrogen-bond acceptors (Lipinski definition) is 5. The number of benzene rings is 3. The van der Waals surface area contributed by atoms with Crippen LogP contribution in [0.15, 0.2) is 85.2 Å². The molecule has 4 amide bonds. The van der Waals surface area contributed by atoms with Crippen molar-refractivity contribution in [3.63, 3.8) is 0 Å². The van der Waals surface area contributed by atoms with Crippen LogP contribution < -0.4 is 10.6 Å². The summed E-state index contributed by atoms with van der Waals surface area (Å²) in [5.41, 5.74) is 2.53. The van der Waals surface area contributed by atoms with Gasteiger partial charge in [0.1, 0.15) is 0 Å². The molecule has 0 aliphatic carbocycles. The molecule has 4 aromatic rings. The molecule has 1 aliphatic heterocycles. The minimum absolute atomic E-state index is 0.122. The summed E-state index contributed by atoms with van der Waals surface area (Å²) in [4.78, 5) is 55.9. The minimum atomic E-state index is -0.345. The smallest absolute Gasteiger partial charge is 0.261 e. The lowest BCUT2D eigenvalue weighted by Crippen LogP contribution is -2.41. The van der Waals surface area contributed by atoms with Crippen LogP contribution in [0.1, 0.15) is 43.9 Å². The molecule has 2 heterocycles. The molecule has 5 rings (SSSR count). The Morgan fingerprint density at radius 2 is 1.39 bits per heavy atom. The fraction of sp³-hybridized carbons (Fsp3) is 0.107. The van der Waals surface area contributed by atoms with E-state index in [0.717, 1.165) is 5.39 Å². The van der Waals surface area contributed by atoms with Crippen LogP contribution in [0.3, 0.4) is 0 Å². The number of nitrogens with zero attached hydrogens (tertiary/aromatic N) is 2. The molecule has 178 valence electrons. The zero-order valence-corrected chi connectivity index (χ0v) is 19.2. The van der Waals surface area contributed by atoms with Crippen molar-refractivity contribution in [2.24, 2.45) is 0 Å². The number of carbonyl (C=O) groups is 4. The molecule has 1 aliphatic rings. The summed E-state index contributed by atoms with van der Waals surface area (Å²) in [5.74, 6) is -1.23. The summed E-state index contributed by atoms with van der Waals surface area (Å²) in [6.45, 7) is 0.137. The average Bonchev–Trinajstić information content (AvgIpc) is 2.90. The van der Waals surface area contributed by atoms with Crippen LogP contribution in [0.5, 0.6) is 0 Å². The number of imide groups is 1. The van der Waals surface area contributed by atoms with Crippen molar-refractivity contribution in [1.29, 1.82) is 0 Å². The lowest BCUT2D eigenvalue weighted by Gasteiger charge is -2.27. The molecule has 0 fully saturated rings. The molecule has 0 saturated carbocycles. The van der Waals surface area contributed by atoms with Gasteiger partial charge in [-0.1, -0.05) is 30.3 Å². The molecule has 1 aromatic heterocycles. The molecule has 0 spiro atoms. The van der Waals surface area contributed by atoms with E-state index in [0.29, 0.717) is 39.9 Å². The SMILES string of the molecule is O=C(CCCN1C(=O)c2cccc3cccc(c23)C1=O)Nc1cccc(NC(=O)c2ccncc2)c1. The van der Waals surface area contributed by atoms with E-state index in [2.05, 4.69) is 15.6 Å². The summed E-state index contributed by atoms with van der Waals surface area (Å²) in [6.07, 6.45) is 3.52. The van der Waals surface area contributed by atoms with Crippen LogP contribution in [-0.4, -0.2) is 40.1 Å². The number of anilines is 2. The summed E-state index contributed by atoms with van der Waals surface area (Å²) >= 11 is 0. The Kier molecular flexibility index (Phi) is 6.23. The molecular weight excluding hydrogens is 456 g/mol. The highest BCUT2D eigenvalue weighted by molar-refractivity contribution is 6.25. The Balaban J connectivity index is 1.18. The van der Waals surface area contributed by atoms with Crippen LogP contribution in [0.25, 0.3) is 10.8 Å². The molecule has 0 saturated heterocycles. The van der Waals surface area contributed by atoms with E-state index in [1.54, 1.807) is 60.7 Å². The predicted molar refractivity (Wildman–Crippen MR) is 136 cm³/mol. The number of carbonyl (C=O) groups excluding carboxylic acids is 4. The van der Waals surface area contributed by atoms with E-state index >= 15 is 0 Å². The Morgan fingerprint density at radius 1 is 0.778 bits per heavy atom. The molecule has 2 N–H and O–H groups in total. The van der Waals surface area contributed by atoms with E-state index in [1.165, 1.54) is 17.3 Å². The van der Waals surface area contributed by atoms with Gasteiger partial charge in [-0.05, 0) is 54.3 Å². The average molecular weight is 479 g/mol. The number of hydrogen-bond donors (Lipinski definition) is 2. The highest BCUT2D eigenvalue weighted by Crippen LogP contribution is 2.30. The standard InChI is InChI=1S/C28H22N4O4/c33-24(30-20-7-3-8-21(17-20)31-26(34)19-12-14-29-15-13-19)11-4-16-32-27(35)22-9-1-5-18-6-2-10-23(25(18)22)28(32)36/h1-3,5-10,12-15,17H,4,11,16H2,(H,30,33)(H,31,34). The first kappa shape index (κ1) is 22.9. The lowest BCUT2D eigenvalue weighted by atomic mass is 9.94. The topological polar surface area (TPSA) is 108 Å². The first-order chi connectivity index (χ1) is 17.5. The van der Waals surface area contributed by atoms with Crippen LogP contribution in [-0.2, 0) is 4.79 Å². The second-order valence-corrected chi connectivity index (χ2v) is 8.39. The van der Waals surface area contributed by atoms with Crippen molar-refractivity contribution in [2.45, 2.75) is 12.8 Å². The van der Waals surface area contributed by atoms with E-state index in [9.17, 15) is 19.2 Å². The molecule has 0 unspecified atom stereocenters. The van der Waals surface area contributed by atoms with Crippen molar-refractivity contribution >= 4 is 45.8 Å². The molecule has 0 bridgehead atoms. The largest absolute Gasteiger partial charge is 0.326 e. The maximum atomic E-state index is 13.0. The number of nitrogens with one attached hydrogen (secondary N) is 2. The van der Waals surface area contributed by atoms with Gasteiger partial charge in [-0.25, -0.2) is 0 Å². The zero-order chi connectivity index (χ0) is 25.1. The van der Waals surface area contributed by atoms with Gasteiger partial charge in [0, 0.05) is 58.8 Å². The Labute approximate surface area is 207 Å². The summed E-state index contributed by atoms with van der Waals surface area (Å²) < 4.78 is 0. The van der Waals surface area contributed by atoms with Crippen LogP contribution in [0.2, 0.25) is 0 Å². The van der Waals surface area contributed by atoms with Gasteiger partial charge in [0.25, 0.3) is 17.7 Å². The second-order valence-electron chi connectivity index (χ2n) is 8.39. The third kappa shape index (κ3) is 4.56. The first-order valence-corrected chi connectivity index (χ1v) is 11.5. The maximum absolute atomic E-state index is 13.0. The van der Waals surface area contributed by atoms with Gasteiger partial charge in [0.05, 0.1) is 0 Å². The van der Waals surface area contributed by atoms with Gasteiger partial charge in [0.2, 0.25) is 5.91 Å². The van der Waals surface area contributed by atoms with Crippen molar-refractivity contribution in [1.82, 2.24) is 9.88 Å². The molecule has 8 nitrogen and oxygen atoms in total. The molecule has 0 atom stereocenters. The third-order valence-electron chi connectivity index (χ3n) is 5.99. The van der Waals surface area contributed by atoms with E-state index in [4.69, 9.17) is 0 Å². The number of pyridine rings is 1. The zero-order valence-electron chi connectivity index (χ0n) is 19.2. The van der Waals surface area contributed by atoms with Crippen molar-refractivity contribution < 1.29 is 19.2 Å².